The summed E-state index contributed by atoms with van der Waals surface area (Å²) >= 11 is 5.77. The lowest BCUT2D eigenvalue weighted by atomic mass is 10.1. The largest absolute Gasteiger partial charge is 0.418 e. The maximum atomic E-state index is 12.9. The molecule has 4 nitrogen and oxygen atoms in total. The van der Waals surface area contributed by atoms with Crippen LogP contribution in [0.2, 0.25) is 5.02 Å². The van der Waals surface area contributed by atoms with Crippen LogP contribution < -0.4 is 10.6 Å². The smallest absolute Gasteiger partial charge is 0.355 e. The van der Waals surface area contributed by atoms with Gasteiger partial charge in [-0.3, -0.25) is 9.59 Å². The molecule has 0 aliphatic rings. The third-order valence-corrected chi connectivity index (χ3v) is 3.73. The highest BCUT2D eigenvalue weighted by atomic mass is 35.5. The molecule has 26 heavy (non-hydrogen) atoms. The number of halogens is 4. The van der Waals surface area contributed by atoms with Crippen LogP contribution in [0.15, 0.2) is 48.5 Å². The summed E-state index contributed by atoms with van der Waals surface area (Å²) in [5.41, 5.74) is -0.381. The molecule has 0 atom stereocenters. The minimum absolute atomic E-state index is 0.298. The van der Waals surface area contributed by atoms with Crippen molar-refractivity contribution in [2.24, 2.45) is 0 Å². The summed E-state index contributed by atoms with van der Waals surface area (Å²) in [6.45, 7) is 0.298. The number of hydrogen-bond donors (Lipinski definition) is 2. The zero-order valence-corrected chi connectivity index (χ0v) is 14.3. The molecule has 2 rings (SSSR count). The summed E-state index contributed by atoms with van der Waals surface area (Å²) in [5.74, 6) is -1.38. The number of amides is 2. The molecule has 0 fully saturated rings. The number of rotatable bonds is 6. The molecule has 0 saturated heterocycles. The van der Waals surface area contributed by atoms with Crippen LogP contribution in [0.4, 0.5) is 18.9 Å². The van der Waals surface area contributed by atoms with E-state index in [0.29, 0.717) is 18.0 Å². The zero-order valence-electron chi connectivity index (χ0n) is 13.6. The second-order valence-electron chi connectivity index (χ2n) is 5.49. The average Bonchev–Trinajstić information content (AvgIpc) is 2.56. The monoisotopic (exact) mass is 384 g/mol. The van der Waals surface area contributed by atoms with Gasteiger partial charge in [0.05, 0.1) is 11.3 Å². The standard InChI is InChI=1S/C18H16ClF3N2O2/c19-13-7-5-12(6-8-13)9-10-23-16(25)11-17(26)24-15-4-2-1-3-14(15)18(20,21)22/h1-8H,9-11H2,(H,23,25)(H,24,26). The molecule has 0 radical (unpaired) electrons. The average molecular weight is 385 g/mol. The molecule has 0 bridgehead atoms. The Hall–Kier alpha value is -2.54. The first-order valence-corrected chi connectivity index (χ1v) is 8.11. The fourth-order valence-electron chi connectivity index (χ4n) is 2.24. The molecule has 0 unspecified atom stereocenters. The lowest BCUT2D eigenvalue weighted by Crippen LogP contribution is -2.30. The Morgan fingerprint density at radius 2 is 1.62 bits per heavy atom. The maximum absolute atomic E-state index is 12.9. The van der Waals surface area contributed by atoms with Crippen LogP contribution >= 0.6 is 11.6 Å². The van der Waals surface area contributed by atoms with E-state index in [0.717, 1.165) is 17.7 Å². The van der Waals surface area contributed by atoms with Gasteiger partial charge in [-0.1, -0.05) is 35.9 Å². The van der Waals surface area contributed by atoms with Crippen LogP contribution in [0.1, 0.15) is 17.5 Å². The number of hydrogen-bond acceptors (Lipinski definition) is 2. The Morgan fingerprint density at radius 3 is 2.27 bits per heavy atom. The molecule has 8 heteroatoms. The summed E-state index contributed by atoms with van der Waals surface area (Å²) in [6, 6.07) is 11.7. The lowest BCUT2D eigenvalue weighted by Gasteiger charge is -2.13. The fraction of sp³-hybridized carbons (Fsp3) is 0.222. The van der Waals surface area contributed by atoms with Crippen molar-refractivity contribution in [1.29, 1.82) is 0 Å². The quantitative estimate of drug-likeness (QED) is 0.738. The van der Waals surface area contributed by atoms with Crippen molar-refractivity contribution in [2.45, 2.75) is 19.0 Å². The minimum Gasteiger partial charge on any atom is -0.355 e. The van der Waals surface area contributed by atoms with Gasteiger partial charge < -0.3 is 10.6 Å². The van der Waals surface area contributed by atoms with E-state index < -0.39 is 30.0 Å². The van der Waals surface area contributed by atoms with E-state index in [-0.39, 0.29) is 5.69 Å². The molecule has 0 aliphatic heterocycles. The number of benzene rings is 2. The maximum Gasteiger partial charge on any atom is 0.418 e. The molecule has 0 spiro atoms. The molecule has 2 amide bonds. The molecule has 0 saturated carbocycles. The number of carbonyl (C=O) groups excluding carboxylic acids is 2. The zero-order chi connectivity index (χ0) is 19.2. The summed E-state index contributed by atoms with van der Waals surface area (Å²) < 4.78 is 38.6. The fourth-order valence-corrected chi connectivity index (χ4v) is 2.37. The molecule has 2 aromatic rings. The van der Waals surface area contributed by atoms with Gasteiger partial charge in [-0.05, 0) is 36.2 Å². The molecule has 0 aromatic heterocycles. The van der Waals surface area contributed by atoms with Crippen LogP contribution in [0.3, 0.4) is 0 Å². The van der Waals surface area contributed by atoms with Gasteiger partial charge in [-0.15, -0.1) is 0 Å². The van der Waals surface area contributed by atoms with Crippen molar-refractivity contribution in [3.05, 3.63) is 64.7 Å². The predicted octanol–water partition coefficient (Wildman–Crippen LogP) is 4.05. The second-order valence-corrected chi connectivity index (χ2v) is 5.93. The number of alkyl halides is 3. The van der Waals surface area contributed by atoms with Crippen molar-refractivity contribution in [2.75, 3.05) is 11.9 Å². The number of para-hydroxylation sites is 1. The van der Waals surface area contributed by atoms with E-state index in [1.807, 2.05) is 12.1 Å². The van der Waals surface area contributed by atoms with E-state index in [9.17, 15) is 22.8 Å². The van der Waals surface area contributed by atoms with E-state index in [4.69, 9.17) is 11.6 Å². The Bertz CT molecular complexity index is 777. The van der Waals surface area contributed by atoms with Gasteiger partial charge in [0.15, 0.2) is 0 Å². The van der Waals surface area contributed by atoms with E-state index >= 15 is 0 Å². The van der Waals surface area contributed by atoms with Crippen molar-refractivity contribution < 1.29 is 22.8 Å². The highest BCUT2D eigenvalue weighted by molar-refractivity contribution is 6.30. The van der Waals surface area contributed by atoms with Gasteiger partial charge in [0.25, 0.3) is 0 Å². The third-order valence-electron chi connectivity index (χ3n) is 3.48. The molecule has 0 aliphatic carbocycles. The topological polar surface area (TPSA) is 58.2 Å². The summed E-state index contributed by atoms with van der Waals surface area (Å²) in [5, 5.41) is 5.29. The van der Waals surface area contributed by atoms with E-state index in [1.165, 1.54) is 12.1 Å². The van der Waals surface area contributed by atoms with Crippen molar-refractivity contribution >= 4 is 29.1 Å². The Morgan fingerprint density at radius 1 is 0.962 bits per heavy atom. The number of anilines is 1. The Balaban J connectivity index is 1.82. The molecule has 2 aromatic carbocycles. The molecule has 2 N–H and O–H groups in total. The first-order chi connectivity index (χ1) is 12.3. The normalized spacial score (nSPS) is 11.1. The van der Waals surface area contributed by atoms with Gasteiger partial charge in [0, 0.05) is 11.6 Å². The summed E-state index contributed by atoms with van der Waals surface area (Å²) in [7, 11) is 0. The second kappa shape index (κ2) is 8.71. The van der Waals surface area contributed by atoms with Gasteiger partial charge in [0.1, 0.15) is 6.42 Å². The van der Waals surface area contributed by atoms with Crippen LogP contribution in [0.25, 0.3) is 0 Å². The van der Waals surface area contributed by atoms with Crippen LogP contribution in [-0.2, 0) is 22.2 Å². The first kappa shape index (κ1) is 19.8. The Labute approximate surface area is 153 Å². The lowest BCUT2D eigenvalue weighted by molar-refractivity contribution is -0.137. The molecular formula is C18H16ClF3N2O2. The van der Waals surface area contributed by atoms with Crippen LogP contribution in [0.5, 0.6) is 0 Å². The number of carbonyl (C=O) groups is 2. The Kier molecular flexibility index (Phi) is 6.63. The van der Waals surface area contributed by atoms with Crippen molar-refractivity contribution in [1.82, 2.24) is 5.32 Å². The highest BCUT2D eigenvalue weighted by Crippen LogP contribution is 2.34. The minimum atomic E-state index is -4.59. The first-order valence-electron chi connectivity index (χ1n) is 7.73. The predicted molar refractivity (Wildman–Crippen MR) is 92.9 cm³/mol. The summed E-state index contributed by atoms with van der Waals surface area (Å²) in [4.78, 5) is 23.6. The highest BCUT2D eigenvalue weighted by Gasteiger charge is 2.33. The van der Waals surface area contributed by atoms with Crippen molar-refractivity contribution in [3.63, 3.8) is 0 Å². The molecule has 0 heterocycles. The third kappa shape index (κ3) is 6.07. The van der Waals surface area contributed by atoms with Gasteiger partial charge >= 0.3 is 6.18 Å². The summed E-state index contributed by atoms with van der Waals surface area (Å²) in [6.07, 6.45) is -4.61. The van der Waals surface area contributed by atoms with E-state index in [2.05, 4.69) is 10.6 Å². The van der Waals surface area contributed by atoms with E-state index in [1.54, 1.807) is 12.1 Å². The number of nitrogens with one attached hydrogen (secondary N) is 2. The van der Waals surface area contributed by atoms with Crippen LogP contribution in [0, 0.1) is 0 Å². The van der Waals surface area contributed by atoms with Crippen LogP contribution in [-0.4, -0.2) is 18.4 Å². The van der Waals surface area contributed by atoms with Gasteiger partial charge in [-0.2, -0.15) is 13.2 Å². The van der Waals surface area contributed by atoms with Gasteiger partial charge in [0.2, 0.25) is 11.8 Å². The SMILES string of the molecule is O=C(CC(=O)Nc1ccccc1C(F)(F)F)NCCc1ccc(Cl)cc1. The molecule has 138 valence electrons. The molecular weight excluding hydrogens is 369 g/mol. The van der Waals surface area contributed by atoms with Gasteiger partial charge in [-0.25, -0.2) is 0 Å². The van der Waals surface area contributed by atoms with Crippen molar-refractivity contribution in [3.8, 4) is 0 Å².